The number of ketones is 1. The third-order valence-corrected chi connectivity index (χ3v) is 3.18. The Kier molecular flexibility index (Phi) is 3.67. The molecule has 1 aliphatic carbocycles. The van der Waals surface area contributed by atoms with Crippen LogP contribution >= 0.6 is 0 Å². The van der Waals surface area contributed by atoms with E-state index in [0.29, 0.717) is 24.5 Å². The first kappa shape index (κ1) is 12.0. The van der Waals surface area contributed by atoms with Crippen LogP contribution in [0.5, 0.6) is 11.5 Å². The first-order valence-electron chi connectivity index (χ1n) is 5.99. The van der Waals surface area contributed by atoms with Crippen LogP contribution in [0.3, 0.4) is 0 Å². The van der Waals surface area contributed by atoms with E-state index in [1.165, 1.54) is 0 Å². The molecular weight excluding hydrogens is 216 g/mol. The van der Waals surface area contributed by atoms with Crippen molar-refractivity contribution >= 4 is 5.78 Å². The summed E-state index contributed by atoms with van der Waals surface area (Å²) in [6.07, 6.45) is 3.42. The molecule has 0 amide bonds. The molecule has 0 aromatic heterocycles. The molecular formula is C14H18O3. The van der Waals surface area contributed by atoms with Crippen LogP contribution in [-0.2, 0) is 11.2 Å². The predicted molar refractivity (Wildman–Crippen MR) is 65.6 cm³/mol. The van der Waals surface area contributed by atoms with Gasteiger partial charge in [-0.3, -0.25) is 4.79 Å². The smallest absolute Gasteiger partial charge is 0.136 e. The Morgan fingerprint density at radius 1 is 1.24 bits per heavy atom. The molecule has 0 radical (unpaired) electrons. The number of methoxy groups -OCH3 is 2. The molecule has 1 fully saturated rings. The summed E-state index contributed by atoms with van der Waals surface area (Å²) in [6.45, 7) is 0. The molecule has 0 saturated heterocycles. The van der Waals surface area contributed by atoms with Gasteiger partial charge in [0, 0.05) is 17.9 Å². The molecule has 2 rings (SSSR count). The SMILES string of the molecule is COc1cccc(OC)c1CCC(=O)C1CC1. The number of rotatable bonds is 6. The topological polar surface area (TPSA) is 35.5 Å². The second-order valence-corrected chi connectivity index (χ2v) is 4.38. The Balaban J connectivity index is 2.09. The van der Waals surface area contributed by atoms with Gasteiger partial charge >= 0.3 is 0 Å². The zero-order valence-electron chi connectivity index (χ0n) is 10.4. The number of Topliss-reactive ketones (excluding diaryl/α,β-unsaturated/α-hetero) is 1. The first-order valence-corrected chi connectivity index (χ1v) is 5.99. The summed E-state index contributed by atoms with van der Waals surface area (Å²) < 4.78 is 10.6. The van der Waals surface area contributed by atoms with Crippen molar-refractivity contribution in [3.63, 3.8) is 0 Å². The van der Waals surface area contributed by atoms with Crippen molar-refractivity contribution in [2.24, 2.45) is 5.92 Å². The summed E-state index contributed by atoms with van der Waals surface area (Å²) >= 11 is 0. The van der Waals surface area contributed by atoms with Gasteiger partial charge in [0.2, 0.25) is 0 Å². The van der Waals surface area contributed by atoms with Gasteiger partial charge in [-0.1, -0.05) is 6.07 Å². The highest BCUT2D eigenvalue weighted by Gasteiger charge is 2.29. The van der Waals surface area contributed by atoms with Crippen LogP contribution in [0, 0.1) is 5.92 Å². The molecule has 1 aromatic rings. The fraction of sp³-hybridized carbons (Fsp3) is 0.500. The highest BCUT2D eigenvalue weighted by molar-refractivity contribution is 5.83. The van der Waals surface area contributed by atoms with Crippen molar-refractivity contribution in [2.75, 3.05) is 14.2 Å². The standard InChI is InChI=1S/C14H18O3/c1-16-13-4-3-5-14(17-2)11(13)8-9-12(15)10-6-7-10/h3-5,10H,6-9H2,1-2H3. The Labute approximate surface area is 102 Å². The summed E-state index contributed by atoms with van der Waals surface area (Å²) in [6, 6.07) is 5.70. The molecule has 0 heterocycles. The fourth-order valence-electron chi connectivity index (χ4n) is 2.03. The molecule has 17 heavy (non-hydrogen) atoms. The minimum absolute atomic E-state index is 0.329. The van der Waals surface area contributed by atoms with Gasteiger partial charge in [0.05, 0.1) is 14.2 Å². The third kappa shape index (κ3) is 2.78. The number of benzene rings is 1. The van der Waals surface area contributed by atoms with Crippen molar-refractivity contribution < 1.29 is 14.3 Å². The van der Waals surface area contributed by atoms with Gasteiger partial charge < -0.3 is 9.47 Å². The van der Waals surface area contributed by atoms with Gasteiger partial charge in [0.15, 0.2) is 0 Å². The van der Waals surface area contributed by atoms with Crippen molar-refractivity contribution in [3.8, 4) is 11.5 Å². The van der Waals surface area contributed by atoms with Crippen molar-refractivity contribution in [3.05, 3.63) is 23.8 Å². The van der Waals surface area contributed by atoms with Crippen LogP contribution < -0.4 is 9.47 Å². The van der Waals surface area contributed by atoms with Crippen LogP contribution in [0.1, 0.15) is 24.8 Å². The fourth-order valence-corrected chi connectivity index (χ4v) is 2.03. The first-order chi connectivity index (χ1) is 8.26. The molecule has 1 aromatic carbocycles. The van der Waals surface area contributed by atoms with E-state index >= 15 is 0 Å². The average molecular weight is 234 g/mol. The maximum Gasteiger partial charge on any atom is 0.136 e. The Hall–Kier alpha value is -1.51. The predicted octanol–water partition coefficient (Wildman–Crippen LogP) is 2.62. The molecule has 3 nitrogen and oxygen atoms in total. The lowest BCUT2D eigenvalue weighted by molar-refractivity contribution is -0.120. The van der Waals surface area contributed by atoms with Crippen LogP contribution in [-0.4, -0.2) is 20.0 Å². The summed E-state index contributed by atoms with van der Waals surface area (Å²) in [7, 11) is 3.28. The Morgan fingerprint density at radius 3 is 2.29 bits per heavy atom. The largest absolute Gasteiger partial charge is 0.496 e. The molecule has 0 spiro atoms. The molecule has 1 aliphatic rings. The van der Waals surface area contributed by atoms with Crippen LogP contribution in [0.15, 0.2) is 18.2 Å². The molecule has 0 unspecified atom stereocenters. The van der Waals surface area contributed by atoms with Gasteiger partial charge in [0.1, 0.15) is 17.3 Å². The molecule has 3 heteroatoms. The number of hydrogen-bond donors (Lipinski definition) is 0. The van der Waals surface area contributed by atoms with E-state index in [9.17, 15) is 4.79 Å². The minimum atomic E-state index is 0.329. The minimum Gasteiger partial charge on any atom is -0.496 e. The Morgan fingerprint density at radius 2 is 1.82 bits per heavy atom. The number of carbonyl (C=O) groups is 1. The van der Waals surface area contributed by atoms with E-state index < -0.39 is 0 Å². The molecule has 0 N–H and O–H groups in total. The van der Waals surface area contributed by atoms with Crippen LogP contribution in [0.4, 0.5) is 0 Å². The van der Waals surface area contributed by atoms with E-state index in [1.54, 1.807) is 14.2 Å². The van der Waals surface area contributed by atoms with Crippen molar-refractivity contribution in [2.45, 2.75) is 25.7 Å². The number of carbonyl (C=O) groups excluding carboxylic acids is 1. The summed E-state index contributed by atoms with van der Waals surface area (Å²) in [5.41, 5.74) is 0.992. The molecule has 0 aliphatic heterocycles. The maximum absolute atomic E-state index is 11.7. The summed E-state index contributed by atoms with van der Waals surface area (Å²) in [5.74, 6) is 2.30. The quantitative estimate of drug-likeness (QED) is 0.759. The average Bonchev–Trinajstić information content (AvgIpc) is 3.19. The summed E-state index contributed by atoms with van der Waals surface area (Å²) in [5, 5.41) is 0. The van der Waals surface area contributed by atoms with E-state index in [-0.39, 0.29) is 0 Å². The van der Waals surface area contributed by atoms with Crippen LogP contribution in [0.2, 0.25) is 0 Å². The van der Waals surface area contributed by atoms with Crippen molar-refractivity contribution in [1.29, 1.82) is 0 Å². The lowest BCUT2D eigenvalue weighted by Crippen LogP contribution is -2.04. The zero-order chi connectivity index (χ0) is 12.3. The maximum atomic E-state index is 11.7. The Bertz CT molecular complexity index is 386. The van der Waals surface area contributed by atoms with E-state index in [2.05, 4.69) is 0 Å². The third-order valence-electron chi connectivity index (χ3n) is 3.18. The molecule has 0 atom stereocenters. The zero-order valence-corrected chi connectivity index (χ0v) is 10.4. The lowest BCUT2D eigenvalue weighted by atomic mass is 10.0. The summed E-state index contributed by atoms with van der Waals surface area (Å²) in [4.78, 5) is 11.7. The number of ether oxygens (including phenoxy) is 2. The highest BCUT2D eigenvalue weighted by atomic mass is 16.5. The van der Waals surface area contributed by atoms with Crippen LogP contribution in [0.25, 0.3) is 0 Å². The highest BCUT2D eigenvalue weighted by Crippen LogP contribution is 2.33. The molecule has 1 saturated carbocycles. The normalized spacial score (nSPS) is 14.5. The van der Waals surface area contributed by atoms with Gasteiger partial charge in [-0.2, -0.15) is 0 Å². The molecule has 92 valence electrons. The van der Waals surface area contributed by atoms with Gasteiger partial charge in [-0.15, -0.1) is 0 Å². The van der Waals surface area contributed by atoms with E-state index in [1.807, 2.05) is 18.2 Å². The second-order valence-electron chi connectivity index (χ2n) is 4.38. The van der Waals surface area contributed by atoms with Gasteiger partial charge in [0.25, 0.3) is 0 Å². The lowest BCUT2D eigenvalue weighted by Gasteiger charge is -2.12. The molecule has 0 bridgehead atoms. The van der Waals surface area contributed by atoms with Gasteiger partial charge in [-0.25, -0.2) is 0 Å². The number of hydrogen-bond acceptors (Lipinski definition) is 3. The second kappa shape index (κ2) is 5.21. The van der Waals surface area contributed by atoms with Gasteiger partial charge in [-0.05, 0) is 31.4 Å². The van der Waals surface area contributed by atoms with E-state index in [0.717, 1.165) is 29.9 Å². The van der Waals surface area contributed by atoms with E-state index in [4.69, 9.17) is 9.47 Å². The van der Waals surface area contributed by atoms with Crippen molar-refractivity contribution in [1.82, 2.24) is 0 Å². The monoisotopic (exact) mass is 234 g/mol.